The molecule has 27 heavy (non-hydrogen) atoms. The second-order valence-electron chi connectivity index (χ2n) is 7.53. The highest BCUT2D eigenvalue weighted by Gasteiger charge is 2.22. The number of thioether (sulfide) groups is 1. The summed E-state index contributed by atoms with van der Waals surface area (Å²) in [7, 11) is 3.38. The van der Waals surface area contributed by atoms with Crippen molar-refractivity contribution in [3.63, 3.8) is 0 Å². The molecule has 0 aliphatic rings. The molecule has 2 aromatic rings. The first-order valence-corrected chi connectivity index (χ1v) is 9.70. The van der Waals surface area contributed by atoms with E-state index in [9.17, 15) is 9.59 Å². The number of hydrogen-bond donors (Lipinski definition) is 0. The van der Waals surface area contributed by atoms with Gasteiger partial charge in [0.1, 0.15) is 5.75 Å². The highest BCUT2D eigenvalue weighted by Crippen LogP contribution is 2.38. The number of halogens is 1. The van der Waals surface area contributed by atoms with Gasteiger partial charge in [-0.05, 0) is 59.5 Å². The zero-order valence-electron chi connectivity index (χ0n) is 16.4. The van der Waals surface area contributed by atoms with E-state index < -0.39 is 5.97 Å². The number of carbonyl (C=O) groups excluding carboxylic acids is 2. The lowest BCUT2D eigenvalue weighted by Crippen LogP contribution is -2.18. The van der Waals surface area contributed by atoms with Crippen molar-refractivity contribution in [2.75, 3.05) is 14.1 Å². The van der Waals surface area contributed by atoms with Crippen LogP contribution in [0.1, 0.15) is 42.3 Å². The van der Waals surface area contributed by atoms with Gasteiger partial charge >= 0.3 is 5.97 Å². The lowest BCUT2D eigenvalue weighted by Gasteiger charge is -2.23. The second kappa shape index (κ2) is 8.36. The molecule has 4 nitrogen and oxygen atoms in total. The molecule has 0 unspecified atom stereocenters. The van der Waals surface area contributed by atoms with Crippen LogP contribution in [0.2, 0.25) is 5.02 Å². The normalized spacial score (nSPS) is 11.2. The van der Waals surface area contributed by atoms with E-state index in [0.717, 1.165) is 22.9 Å². The van der Waals surface area contributed by atoms with Gasteiger partial charge in [0.25, 0.3) is 5.24 Å². The minimum Gasteiger partial charge on any atom is -0.421 e. The van der Waals surface area contributed by atoms with Crippen LogP contribution in [0, 0.1) is 6.92 Å². The van der Waals surface area contributed by atoms with Crippen molar-refractivity contribution in [1.82, 2.24) is 4.90 Å². The Hall–Kier alpha value is -1.98. The van der Waals surface area contributed by atoms with Crippen LogP contribution in [0.5, 0.6) is 5.75 Å². The fourth-order valence-corrected chi connectivity index (χ4v) is 3.38. The smallest absolute Gasteiger partial charge is 0.343 e. The lowest BCUT2D eigenvalue weighted by atomic mass is 9.86. The maximum Gasteiger partial charge on any atom is 0.343 e. The highest BCUT2D eigenvalue weighted by atomic mass is 35.5. The van der Waals surface area contributed by atoms with Gasteiger partial charge in [0.15, 0.2) is 0 Å². The molecule has 0 spiro atoms. The average molecular weight is 406 g/mol. The van der Waals surface area contributed by atoms with Crippen molar-refractivity contribution >= 4 is 34.6 Å². The second-order valence-corrected chi connectivity index (χ2v) is 8.96. The minimum absolute atomic E-state index is 0.100. The Morgan fingerprint density at radius 1 is 1.11 bits per heavy atom. The van der Waals surface area contributed by atoms with E-state index in [0.29, 0.717) is 21.2 Å². The summed E-state index contributed by atoms with van der Waals surface area (Å²) in [5, 5.41) is 0.321. The third-order valence-electron chi connectivity index (χ3n) is 3.92. The number of nitrogens with zero attached hydrogens (tertiary/aromatic N) is 1. The summed E-state index contributed by atoms with van der Waals surface area (Å²) in [5.41, 5.74) is 2.12. The third-order valence-corrected chi connectivity index (χ3v) is 5.22. The van der Waals surface area contributed by atoms with Gasteiger partial charge in [-0.2, -0.15) is 0 Å². The van der Waals surface area contributed by atoms with Crippen LogP contribution in [0.3, 0.4) is 0 Å². The van der Waals surface area contributed by atoms with Crippen LogP contribution in [-0.2, 0) is 5.41 Å². The van der Waals surface area contributed by atoms with Gasteiger partial charge in [0.2, 0.25) is 0 Å². The van der Waals surface area contributed by atoms with Crippen molar-refractivity contribution in [2.45, 2.75) is 38.0 Å². The summed E-state index contributed by atoms with van der Waals surface area (Å²) in [4.78, 5) is 27.0. The Labute approximate surface area is 169 Å². The van der Waals surface area contributed by atoms with Gasteiger partial charge in [0, 0.05) is 19.1 Å². The standard InChI is InChI=1S/C21H24ClNO3S/c1-13-10-15(21(2,3)4)12-17(27-20(25)23(5)6)18(13)26-19(24)14-8-7-9-16(22)11-14/h7-12H,1-6H3. The van der Waals surface area contributed by atoms with Crippen LogP contribution in [0.25, 0.3) is 0 Å². The van der Waals surface area contributed by atoms with Crippen molar-refractivity contribution in [3.8, 4) is 5.75 Å². The predicted molar refractivity (Wildman–Crippen MR) is 111 cm³/mol. The van der Waals surface area contributed by atoms with Gasteiger partial charge in [-0.15, -0.1) is 0 Å². The SMILES string of the molecule is Cc1cc(C(C)(C)C)cc(SC(=O)N(C)C)c1OC(=O)c1cccc(Cl)c1. The van der Waals surface area contributed by atoms with Gasteiger partial charge in [0.05, 0.1) is 10.5 Å². The van der Waals surface area contributed by atoms with Crippen molar-refractivity contribution in [3.05, 3.63) is 58.1 Å². The Bertz CT molecular complexity index is 872. The number of amides is 1. The Kier molecular flexibility index (Phi) is 6.60. The number of aryl methyl sites for hydroxylation is 1. The highest BCUT2D eigenvalue weighted by molar-refractivity contribution is 8.13. The molecule has 0 fully saturated rings. The maximum atomic E-state index is 12.6. The minimum atomic E-state index is -0.511. The predicted octanol–water partition coefficient (Wildman–Crippen LogP) is 5.94. The average Bonchev–Trinajstić information content (AvgIpc) is 2.56. The third kappa shape index (κ3) is 5.50. The molecule has 0 saturated heterocycles. The van der Waals surface area contributed by atoms with E-state index in [1.54, 1.807) is 38.4 Å². The van der Waals surface area contributed by atoms with Crippen LogP contribution in [-0.4, -0.2) is 30.2 Å². The molecule has 0 aromatic heterocycles. The van der Waals surface area contributed by atoms with E-state index >= 15 is 0 Å². The summed E-state index contributed by atoms with van der Waals surface area (Å²) in [6, 6.07) is 10.5. The van der Waals surface area contributed by atoms with Gasteiger partial charge in [-0.1, -0.05) is 44.5 Å². The summed E-state index contributed by atoms with van der Waals surface area (Å²) < 4.78 is 5.68. The van der Waals surface area contributed by atoms with Crippen LogP contribution in [0.15, 0.2) is 41.3 Å². The van der Waals surface area contributed by atoms with Gasteiger partial charge < -0.3 is 9.64 Å². The van der Waals surface area contributed by atoms with Crippen LogP contribution in [0.4, 0.5) is 4.79 Å². The van der Waals surface area contributed by atoms with Crippen molar-refractivity contribution in [1.29, 1.82) is 0 Å². The monoisotopic (exact) mass is 405 g/mol. The first-order chi connectivity index (χ1) is 12.5. The topological polar surface area (TPSA) is 46.6 Å². The molecule has 0 aliphatic carbocycles. The van der Waals surface area contributed by atoms with Gasteiger partial charge in [-0.25, -0.2) is 4.79 Å². The Balaban J connectivity index is 2.46. The molecule has 6 heteroatoms. The van der Waals surface area contributed by atoms with Crippen molar-refractivity contribution < 1.29 is 14.3 Å². The number of benzene rings is 2. The number of ether oxygens (including phenoxy) is 1. The first kappa shape index (κ1) is 21.3. The summed E-state index contributed by atoms with van der Waals surface area (Å²) in [6.07, 6.45) is 0. The first-order valence-electron chi connectivity index (χ1n) is 8.51. The number of esters is 1. The van der Waals surface area contributed by atoms with E-state index in [4.69, 9.17) is 16.3 Å². The largest absolute Gasteiger partial charge is 0.421 e. The molecule has 0 bridgehead atoms. The molecular formula is C21H24ClNO3S. The molecule has 2 rings (SSSR count). The van der Waals surface area contributed by atoms with Gasteiger partial charge in [-0.3, -0.25) is 4.79 Å². The molecular weight excluding hydrogens is 382 g/mol. The van der Waals surface area contributed by atoms with Crippen LogP contribution < -0.4 is 4.74 Å². The fraction of sp³-hybridized carbons (Fsp3) is 0.333. The Morgan fingerprint density at radius 3 is 2.33 bits per heavy atom. The number of rotatable bonds is 3. The van der Waals surface area contributed by atoms with Crippen molar-refractivity contribution in [2.24, 2.45) is 0 Å². The van der Waals surface area contributed by atoms with Crippen LogP contribution >= 0.6 is 23.4 Å². The Morgan fingerprint density at radius 2 is 1.78 bits per heavy atom. The zero-order chi connectivity index (χ0) is 20.4. The molecule has 0 heterocycles. The molecule has 144 valence electrons. The molecule has 0 aliphatic heterocycles. The van der Waals surface area contributed by atoms with E-state index in [2.05, 4.69) is 20.8 Å². The summed E-state index contributed by atoms with van der Waals surface area (Å²) in [6.45, 7) is 8.17. The number of carbonyl (C=O) groups is 2. The summed E-state index contributed by atoms with van der Waals surface area (Å²) in [5.74, 6) is -0.114. The zero-order valence-corrected chi connectivity index (χ0v) is 18.0. The maximum absolute atomic E-state index is 12.6. The summed E-state index contributed by atoms with van der Waals surface area (Å²) >= 11 is 7.01. The number of hydrogen-bond acceptors (Lipinski definition) is 4. The lowest BCUT2D eigenvalue weighted by molar-refractivity contribution is 0.0729. The quantitative estimate of drug-likeness (QED) is 0.360. The fourth-order valence-electron chi connectivity index (χ4n) is 2.33. The van der Waals surface area contributed by atoms with E-state index in [-0.39, 0.29) is 10.7 Å². The van der Waals surface area contributed by atoms with E-state index in [1.807, 2.05) is 19.1 Å². The molecule has 0 N–H and O–H groups in total. The molecule has 1 amide bonds. The molecule has 0 radical (unpaired) electrons. The molecule has 0 atom stereocenters. The molecule has 2 aromatic carbocycles. The molecule has 0 saturated carbocycles. The van der Waals surface area contributed by atoms with E-state index in [1.165, 1.54) is 4.90 Å².